The third-order valence-corrected chi connectivity index (χ3v) is 3.45. The van der Waals surface area contributed by atoms with Gasteiger partial charge in [-0.1, -0.05) is 36.5 Å². The molecule has 0 fully saturated rings. The van der Waals surface area contributed by atoms with E-state index in [0.29, 0.717) is 24.8 Å². The van der Waals surface area contributed by atoms with Gasteiger partial charge in [-0.05, 0) is 44.3 Å². The molecule has 0 aliphatic carbocycles. The van der Waals surface area contributed by atoms with E-state index in [1.165, 1.54) is 21.1 Å². The van der Waals surface area contributed by atoms with Crippen LogP contribution in [0, 0.1) is 0 Å². The fraction of sp³-hybridized carbons (Fsp3) is 0.500. The summed E-state index contributed by atoms with van der Waals surface area (Å²) < 4.78 is 9.61. The first kappa shape index (κ1) is 23.0. The lowest BCUT2D eigenvalue weighted by Gasteiger charge is -2.08. The second-order valence-electron chi connectivity index (χ2n) is 5.41. The average Bonchev–Trinajstić information content (AvgIpc) is 2.61. The maximum atomic E-state index is 11.6. The van der Waals surface area contributed by atoms with E-state index >= 15 is 0 Å². The number of carbonyl (C=O) groups is 2. The summed E-state index contributed by atoms with van der Waals surface area (Å²) in [6, 6.07) is 0. The third-order valence-electron chi connectivity index (χ3n) is 3.45. The van der Waals surface area contributed by atoms with Crippen LogP contribution >= 0.6 is 0 Å². The van der Waals surface area contributed by atoms with Crippen molar-refractivity contribution >= 4 is 11.8 Å². The van der Waals surface area contributed by atoms with Crippen molar-refractivity contribution in [1.82, 2.24) is 0 Å². The molecule has 0 aliphatic rings. The first-order valence-electron chi connectivity index (χ1n) is 8.42. The zero-order valence-electron chi connectivity index (χ0n) is 15.4. The molecule has 25 heavy (non-hydrogen) atoms. The zero-order chi connectivity index (χ0) is 18.9. The molecule has 1 atom stereocenters. The van der Waals surface area contributed by atoms with E-state index < -0.39 is 6.10 Å². The first-order valence-corrected chi connectivity index (χ1v) is 8.42. The Hall–Kier alpha value is -1.98. The summed E-state index contributed by atoms with van der Waals surface area (Å²) in [6.07, 6.45) is 16.5. The lowest BCUT2D eigenvalue weighted by Crippen LogP contribution is -2.14. The second kappa shape index (κ2) is 15.5. The maximum Gasteiger partial charge on any atom is 0.305 e. The van der Waals surface area contributed by atoms with E-state index in [1.54, 1.807) is 6.08 Å². The van der Waals surface area contributed by atoms with Crippen LogP contribution in [0.1, 0.15) is 39.0 Å². The van der Waals surface area contributed by atoms with Gasteiger partial charge in [0.15, 0.2) is 5.78 Å². The molecule has 140 valence electrons. The summed E-state index contributed by atoms with van der Waals surface area (Å²) in [4.78, 5) is 22.5. The summed E-state index contributed by atoms with van der Waals surface area (Å²) in [5.41, 5.74) is 0.634. The minimum atomic E-state index is -0.446. The number of hydrogen-bond donors (Lipinski definition) is 1. The highest BCUT2D eigenvalue weighted by Crippen LogP contribution is 2.08. The Labute approximate surface area is 150 Å². The van der Waals surface area contributed by atoms with Crippen LogP contribution in [0.2, 0.25) is 0 Å². The molecule has 5 nitrogen and oxygen atoms in total. The molecule has 1 unspecified atom stereocenters. The summed E-state index contributed by atoms with van der Waals surface area (Å²) >= 11 is 0. The number of aliphatic hydroxyl groups is 1. The lowest BCUT2D eigenvalue weighted by atomic mass is 10.1. The number of rotatable bonds is 13. The minimum absolute atomic E-state index is 0.0206. The van der Waals surface area contributed by atoms with Gasteiger partial charge in [0.2, 0.25) is 0 Å². The fourth-order valence-corrected chi connectivity index (χ4v) is 1.92. The molecule has 0 saturated carbocycles. The highest BCUT2D eigenvalue weighted by Gasteiger charge is 2.07. The van der Waals surface area contributed by atoms with Gasteiger partial charge in [0, 0.05) is 13.5 Å². The molecule has 0 aromatic rings. The summed E-state index contributed by atoms with van der Waals surface area (Å²) in [5.74, 6) is -0.215. The van der Waals surface area contributed by atoms with E-state index in [4.69, 9.17) is 9.84 Å². The molecule has 0 radical (unpaired) electrons. The maximum absolute atomic E-state index is 11.6. The van der Waals surface area contributed by atoms with Crippen LogP contribution in [0.15, 0.2) is 48.1 Å². The Balaban J connectivity index is 4.08. The molecule has 0 rings (SSSR count). The van der Waals surface area contributed by atoms with Crippen LogP contribution in [0.5, 0.6) is 0 Å². The van der Waals surface area contributed by atoms with E-state index in [-0.39, 0.29) is 18.4 Å². The predicted octanol–water partition coefficient (Wildman–Crippen LogP) is 3.30. The van der Waals surface area contributed by atoms with Crippen molar-refractivity contribution < 1.29 is 24.2 Å². The smallest absolute Gasteiger partial charge is 0.305 e. The Bertz CT molecular complexity index is 496. The summed E-state index contributed by atoms with van der Waals surface area (Å²) in [5, 5.41) is 9.11. The number of aliphatic hydroxyl groups excluding tert-OH is 1. The number of ether oxygens (including phenoxy) is 2. The molecule has 0 amide bonds. The Morgan fingerprint density at radius 3 is 2.12 bits per heavy atom. The minimum Gasteiger partial charge on any atom is -0.469 e. The predicted molar refractivity (Wildman–Crippen MR) is 99.2 cm³/mol. The molecule has 5 heteroatoms. The molecule has 0 spiro atoms. The SMILES string of the molecule is COC(=O)CC/C=C\C/C=C\C/C=C\C/C(=C/C(CO)OC)C(C)=O. The number of hydrogen-bond acceptors (Lipinski definition) is 5. The zero-order valence-corrected chi connectivity index (χ0v) is 15.4. The standard InChI is InChI=1S/C20H30O5/c1-17(22)18(15-19(16-21)24-2)13-11-9-7-5-4-6-8-10-12-14-20(23)25-3/h4-5,8-11,15,19,21H,6-7,12-14,16H2,1-3H3/b5-4-,10-8-,11-9-,18-15-. The summed E-state index contributed by atoms with van der Waals surface area (Å²) in [7, 11) is 2.89. The van der Waals surface area contributed by atoms with Crippen LogP contribution < -0.4 is 0 Å². The van der Waals surface area contributed by atoms with Crippen molar-refractivity contribution in [3.8, 4) is 0 Å². The van der Waals surface area contributed by atoms with Crippen LogP contribution in [-0.4, -0.2) is 43.8 Å². The number of allylic oxidation sites excluding steroid dienone is 7. The van der Waals surface area contributed by atoms with Gasteiger partial charge in [0.05, 0.1) is 19.8 Å². The van der Waals surface area contributed by atoms with Gasteiger partial charge in [-0.3, -0.25) is 9.59 Å². The molecule has 0 aromatic carbocycles. The quantitative estimate of drug-likeness (QED) is 0.313. The molecular weight excluding hydrogens is 320 g/mol. The normalized spacial score (nSPS) is 13.8. The van der Waals surface area contributed by atoms with E-state index in [1.807, 2.05) is 36.5 Å². The Morgan fingerprint density at radius 2 is 1.60 bits per heavy atom. The van der Waals surface area contributed by atoms with Crippen molar-refractivity contribution in [2.24, 2.45) is 0 Å². The number of carbonyl (C=O) groups excluding carboxylic acids is 2. The Kier molecular flexibility index (Phi) is 14.3. The molecule has 0 saturated heterocycles. The monoisotopic (exact) mass is 350 g/mol. The number of methoxy groups -OCH3 is 2. The molecule has 0 aliphatic heterocycles. The largest absolute Gasteiger partial charge is 0.469 e. The third kappa shape index (κ3) is 13.0. The van der Waals surface area contributed by atoms with Gasteiger partial charge in [-0.15, -0.1) is 0 Å². The second-order valence-corrected chi connectivity index (χ2v) is 5.41. The van der Waals surface area contributed by atoms with Gasteiger partial charge in [-0.25, -0.2) is 0 Å². The topological polar surface area (TPSA) is 72.8 Å². The number of ketones is 1. The molecule has 1 N–H and O–H groups in total. The average molecular weight is 350 g/mol. The number of Topliss-reactive ketones (excluding diaryl/α,β-unsaturated/α-hetero) is 1. The van der Waals surface area contributed by atoms with Gasteiger partial charge < -0.3 is 14.6 Å². The molecule has 0 bridgehead atoms. The molecule has 0 heterocycles. The fourth-order valence-electron chi connectivity index (χ4n) is 1.92. The highest BCUT2D eigenvalue weighted by atomic mass is 16.5. The van der Waals surface area contributed by atoms with Crippen LogP contribution in [0.25, 0.3) is 0 Å². The van der Waals surface area contributed by atoms with Crippen LogP contribution in [-0.2, 0) is 19.1 Å². The van der Waals surface area contributed by atoms with E-state index in [2.05, 4.69) is 4.74 Å². The molecule has 0 aromatic heterocycles. The van der Waals surface area contributed by atoms with E-state index in [9.17, 15) is 9.59 Å². The number of esters is 1. The van der Waals surface area contributed by atoms with Crippen molar-refractivity contribution in [3.63, 3.8) is 0 Å². The van der Waals surface area contributed by atoms with Gasteiger partial charge in [0.1, 0.15) is 0 Å². The Morgan fingerprint density at radius 1 is 1.00 bits per heavy atom. The van der Waals surface area contributed by atoms with Gasteiger partial charge >= 0.3 is 5.97 Å². The van der Waals surface area contributed by atoms with Gasteiger partial charge in [-0.2, -0.15) is 0 Å². The van der Waals surface area contributed by atoms with Crippen LogP contribution in [0.3, 0.4) is 0 Å². The lowest BCUT2D eigenvalue weighted by molar-refractivity contribution is -0.140. The van der Waals surface area contributed by atoms with Crippen LogP contribution in [0.4, 0.5) is 0 Å². The van der Waals surface area contributed by atoms with Gasteiger partial charge in [0.25, 0.3) is 0 Å². The first-order chi connectivity index (χ1) is 12.0. The van der Waals surface area contributed by atoms with Crippen molar-refractivity contribution in [3.05, 3.63) is 48.1 Å². The van der Waals surface area contributed by atoms with Crippen molar-refractivity contribution in [2.75, 3.05) is 20.8 Å². The van der Waals surface area contributed by atoms with Crippen molar-refractivity contribution in [2.45, 2.75) is 45.1 Å². The molecular formula is C20H30O5. The van der Waals surface area contributed by atoms with Crippen molar-refractivity contribution in [1.29, 1.82) is 0 Å². The summed E-state index contributed by atoms with van der Waals surface area (Å²) in [6.45, 7) is 1.36. The van der Waals surface area contributed by atoms with E-state index in [0.717, 1.165) is 12.8 Å². The highest BCUT2D eigenvalue weighted by molar-refractivity contribution is 5.93.